The highest BCUT2D eigenvalue weighted by Crippen LogP contribution is 2.26. The van der Waals surface area contributed by atoms with E-state index in [9.17, 15) is 23.5 Å². The number of carbonyl (C=O) groups excluding carboxylic acids is 1. The van der Waals surface area contributed by atoms with Crippen LogP contribution < -0.4 is 0 Å². The van der Waals surface area contributed by atoms with Gasteiger partial charge in [-0.2, -0.15) is 0 Å². The van der Waals surface area contributed by atoms with Gasteiger partial charge in [0.2, 0.25) is 0 Å². The molecule has 0 fully saturated rings. The Hall–Kier alpha value is -3.39. The monoisotopic (exact) mass is 457 g/mol. The molecule has 0 saturated carbocycles. The van der Waals surface area contributed by atoms with E-state index < -0.39 is 35.2 Å². The van der Waals surface area contributed by atoms with E-state index >= 15 is 0 Å². The molecule has 1 aliphatic rings. The second-order valence-electron chi connectivity index (χ2n) is 8.10. The Bertz CT molecular complexity index is 1070. The first-order valence-electron chi connectivity index (χ1n) is 10.5. The molecule has 3 rings (SSSR count). The zero-order valence-corrected chi connectivity index (χ0v) is 18.3. The minimum absolute atomic E-state index is 0.175. The third kappa shape index (κ3) is 6.32. The van der Waals surface area contributed by atoms with Crippen molar-refractivity contribution in [3.8, 4) is 0 Å². The van der Waals surface area contributed by atoms with Crippen molar-refractivity contribution in [2.24, 2.45) is 4.99 Å². The van der Waals surface area contributed by atoms with Crippen LogP contribution in [0.4, 0.5) is 8.78 Å². The summed E-state index contributed by atoms with van der Waals surface area (Å²) in [5.74, 6) is -3.67. The van der Waals surface area contributed by atoms with E-state index in [0.29, 0.717) is 5.56 Å². The normalized spacial score (nSPS) is 18.0. The second-order valence-corrected chi connectivity index (χ2v) is 8.10. The van der Waals surface area contributed by atoms with E-state index in [2.05, 4.69) is 4.99 Å². The van der Waals surface area contributed by atoms with Gasteiger partial charge in [0, 0.05) is 19.1 Å². The van der Waals surface area contributed by atoms with E-state index in [-0.39, 0.29) is 25.6 Å². The first-order chi connectivity index (χ1) is 15.7. The average molecular weight is 457 g/mol. The maximum Gasteiger partial charge on any atom is 0.338 e. The molecule has 0 radical (unpaired) electrons. The number of esters is 1. The summed E-state index contributed by atoms with van der Waals surface area (Å²) in [6.07, 6.45) is 3.90. The maximum absolute atomic E-state index is 13.4. The van der Waals surface area contributed by atoms with Gasteiger partial charge in [0.15, 0.2) is 23.3 Å². The SMILES string of the molecule is CC(C)OC(Cc1cccc(CC2(C(=O)OCc3ccc(F)c(F)c3)C=CC=N2)c1)C(=O)O. The number of rotatable bonds is 10. The van der Waals surface area contributed by atoms with Gasteiger partial charge in [-0.15, -0.1) is 0 Å². The Morgan fingerprint density at radius 2 is 1.82 bits per heavy atom. The molecule has 0 saturated heterocycles. The van der Waals surface area contributed by atoms with Crippen LogP contribution in [-0.2, 0) is 38.5 Å². The standard InChI is InChI=1S/C25H25F2NO5/c1-16(2)33-22(23(29)30)13-17-5-3-6-18(11-17)14-25(9-4-10-28-25)24(31)32-15-19-7-8-20(26)21(27)12-19/h3-12,16,22H,13-15H2,1-2H3,(H,29,30). The number of halogens is 2. The molecule has 2 aromatic carbocycles. The summed E-state index contributed by atoms with van der Waals surface area (Å²) in [6.45, 7) is 3.31. The van der Waals surface area contributed by atoms with Crippen LogP contribution in [0, 0.1) is 11.6 Å². The van der Waals surface area contributed by atoms with Crippen LogP contribution in [0.2, 0.25) is 0 Å². The second kappa shape index (κ2) is 10.5. The van der Waals surface area contributed by atoms with Crippen LogP contribution in [-0.4, -0.2) is 41.0 Å². The number of ether oxygens (including phenoxy) is 2. The third-order valence-electron chi connectivity index (χ3n) is 5.07. The number of nitrogens with zero attached hydrogens (tertiary/aromatic N) is 1. The van der Waals surface area contributed by atoms with Gasteiger partial charge in [-0.25, -0.2) is 18.4 Å². The molecule has 0 bridgehead atoms. The number of carbonyl (C=O) groups is 2. The highest BCUT2D eigenvalue weighted by Gasteiger charge is 2.39. The predicted molar refractivity (Wildman–Crippen MR) is 118 cm³/mol. The highest BCUT2D eigenvalue weighted by molar-refractivity contribution is 5.91. The first kappa shape index (κ1) is 24.3. The molecule has 2 aromatic rings. The molecule has 0 amide bonds. The Morgan fingerprint density at radius 1 is 1.06 bits per heavy atom. The average Bonchev–Trinajstić information content (AvgIpc) is 3.23. The van der Waals surface area contributed by atoms with Crippen LogP contribution in [0.15, 0.2) is 59.6 Å². The lowest BCUT2D eigenvalue weighted by Gasteiger charge is -2.23. The summed E-state index contributed by atoms with van der Waals surface area (Å²) in [4.78, 5) is 28.7. The van der Waals surface area contributed by atoms with Gasteiger partial charge in [0.1, 0.15) is 6.61 Å². The van der Waals surface area contributed by atoms with Crippen molar-refractivity contribution in [2.75, 3.05) is 0 Å². The number of aliphatic imine (C=N–C) groups is 1. The van der Waals surface area contributed by atoms with E-state index in [1.807, 2.05) is 12.1 Å². The van der Waals surface area contributed by atoms with Gasteiger partial charge in [0.25, 0.3) is 0 Å². The lowest BCUT2D eigenvalue weighted by atomic mass is 9.90. The van der Waals surface area contributed by atoms with Crippen LogP contribution in [0.3, 0.4) is 0 Å². The Kier molecular flexibility index (Phi) is 7.71. The summed E-state index contributed by atoms with van der Waals surface area (Å²) in [5, 5.41) is 9.42. The van der Waals surface area contributed by atoms with Gasteiger partial charge < -0.3 is 14.6 Å². The van der Waals surface area contributed by atoms with Gasteiger partial charge in [-0.1, -0.05) is 30.3 Å². The van der Waals surface area contributed by atoms with Crippen molar-refractivity contribution >= 4 is 18.2 Å². The molecule has 0 aromatic heterocycles. The number of allylic oxidation sites excluding steroid dienone is 1. The molecule has 1 heterocycles. The third-order valence-corrected chi connectivity index (χ3v) is 5.07. The van der Waals surface area contributed by atoms with E-state index in [1.54, 1.807) is 38.1 Å². The Balaban J connectivity index is 1.72. The van der Waals surface area contributed by atoms with Crippen molar-refractivity contribution in [3.63, 3.8) is 0 Å². The van der Waals surface area contributed by atoms with Crippen LogP contribution in [0.5, 0.6) is 0 Å². The molecule has 0 spiro atoms. The molecule has 6 nitrogen and oxygen atoms in total. The summed E-state index contributed by atoms with van der Waals surface area (Å²) in [7, 11) is 0. The van der Waals surface area contributed by atoms with Gasteiger partial charge >= 0.3 is 11.9 Å². The van der Waals surface area contributed by atoms with Gasteiger partial charge in [0.05, 0.1) is 6.10 Å². The number of benzene rings is 2. The number of hydrogen-bond acceptors (Lipinski definition) is 5. The molecule has 8 heteroatoms. The minimum Gasteiger partial charge on any atom is -0.479 e. The number of aliphatic carboxylic acids is 1. The zero-order chi connectivity index (χ0) is 24.0. The van der Waals surface area contributed by atoms with E-state index in [0.717, 1.165) is 23.3 Å². The lowest BCUT2D eigenvalue weighted by Crippen LogP contribution is -2.37. The smallest absolute Gasteiger partial charge is 0.338 e. The van der Waals surface area contributed by atoms with Crippen molar-refractivity contribution in [1.82, 2.24) is 0 Å². The van der Waals surface area contributed by atoms with E-state index in [4.69, 9.17) is 9.47 Å². The van der Waals surface area contributed by atoms with Crippen molar-refractivity contribution in [2.45, 2.75) is 51.0 Å². The quantitative estimate of drug-likeness (QED) is 0.544. The first-order valence-corrected chi connectivity index (χ1v) is 10.5. The molecule has 33 heavy (non-hydrogen) atoms. The van der Waals surface area contributed by atoms with E-state index in [1.165, 1.54) is 12.3 Å². The lowest BCUT2D eigenvalue weighted by molar-refractivity contribution is -0.153. The van der Waals surface area contributed by atoms with Crippen LogP contribution >= 0.6 is 0 Å². The van der Waals surface area contributed by atoms with Crippen LogP contribution in [0.25, 0.3) is 0 Å². The largest absolute Gasteiger partial charge is 0.479 e. The number of carboxylic acid groups (broad SMARTS) is 1. The fraction of sp³-hybridized carbons (Fsp3) is 0.320. The molecular formula is C25H25F2NO5. The highest BCUT2D eigenvalue weighted by atomic mass is 19.2. The van der Waals surface area contributed by atoms with Crippen molar-refractivity contribution in [1.29, 1.82) is 0 Å². The fourth-order valence-corrected chi connectivity index (χ4v) is 3.54. The molecule has 0 aliphatic carbocycles. The molecule has 2 unspecified atom stereocenters. The molecule has 1 N–H and O–H groups in total. The molecule has 174 valence electrons. The van der Waals surface area contributed by atoms with Crippen molar-refractivity contribution in [3.05, 3.63) is 82.9 Å². The number of hydrogen-bond donors (Lipinski definition) is 1. The predicted octanol–water partition coefficient (Wildman–Crippen LogP) is 4.05. The molecular weight excluding hydrogens is 432 g/mol. The summed E-state index contributed by atoms with van der Waals surface area (Å²) < 4.78 is 37.4. The van der Waals surface area contributed by atoms with Crippen LogP contribution in [0.1, 0.15) is 30.5 Å². The van der Waals surface area contributed by atoms with Gasteiger partial charge in [-0.3, -0.25) is 4.99 Å². The van der Waals surface area contributed by atoms with Crippen molar-refractivity contribution < 1.29 is 33.0 Å². The number of carboxylic acids is 1. The Labute approximate surface area is 190 Å². The maximum atomic E-state index is 13.4. The minimum atomic E-state index is -1.29. The zero-order valence-electron chi connectivity index (χ0n) is 18.3. The fourth-order valence-electron chi connectivity index (χ4n) is 3.54. The molecule has 1 aliphatic heterocycles. The molecule has 2 atom stereocenters. The summed E-state index contributed by atoms with van der Waals surface area (Å²) in [6, 6.07) is 10.5. The summed E-state index contributed by atoms with van der Waals surface area (Å²) in [5.41, 5.74) is 0.527. The summed E-state index contributed by atoms with van der Waals surface area (Å²) >= 11 is 0. The van der Waals surface area contributed by atoms with Gasteiger partial charge in [-0.05, 0) is 54.8 Å². The topological polar surface area (TPSA) is 85.2 Å². The Morgan fingerprint density at radius 3 is 2.45 bits per heavy atom.